The lowest BCUT2D eigenvalue weighted by Crippen LogP contribution is -2.38. The van der Waals surface area contributed by atoms with E-state index in [1.807, 2.05) is 26.0 Å². The second kappa shape index (κ2) is 22.4. The Morgan fingerprint density at radius 2 is 1.45 bits per heavy atom. The summed E-state index contributed by atoms with van der Waals surface area (Å²) in [5.41, 5.74) is 9.18. The van der Waals surface area contributed by atoms with Gasteiger partial charge in [0.1, 0.15) is 18.3 Å². The zero-order chi connectivity index (χ0) is 48.0. The molecule has 0 saturated carbocycles. The highest BCUT2D eigenvalue weighted by Gasteiger charge is 2.47. The number of ketones is 1. The Morgan fingerprint density at radius 3 is 2.09 bits per heavy atom. The van der Waals surface area contributed by atoms with E-state index in [0.29, 0.717) is 34.0 Å². The molecule has 8 atom stereocenters. The fourth-order valence-electron chi connectivity index (χ4n) is 11.3. The molecule has 6 rings (SSSR count). The summed E-state index contributed by atoms with van der Waals surface area (Å²) in [7, 11) is 1.33. The Kier molecular flexibility index (Phi) is 17.1. The van der Waals surface area contributed by atoms with Gasteiger partial charge in [0.15, 0.2) is 5.78 Å². The van der Waals surface area contributed by atoms with Gasteiger partial charge in [0, 0.05) is 63.4 Å². The largest absolute Gasteiger partial charge is 0.510 e. The standard InChI is InChI=1S/C55H80N4O7/c1-12-39-33(6)41-28-46-48(37(10)61)35(8)43(57-46)26-42-34(7)40(52(58-42)50-51(55(64)65-11)54(63)49-36(9)44(59-53(49)50)27-45(39)56-41)22-23-47(62)66-25-24-38(29-60)21-15-20-32(5)19-14-18-31(4)17-13-16-30(2)3/h24,26-28,30-34,39-40,51-52,56-60,63H,12-23,25,29H2,1-11H3/b38-24-,41-28-,42-26-,45-27-/t31-,32-,33-,34+,39-,40+,51-,52?/m1/s1. The number of H-pyrrole nitrogens is 2. The summed E-state index contributed by atoms with van der Waals surface area (Å²) in [5, 5.41) is 30.8. The molecule has 8 bridgehead atoms. The number of nitrogens with one attached hydrogen (secondary N) is 4. The number of aromatic nitrogens is 2. The van der Waals surface area contributed by atoms with Crippen LogP contribution in [0.1, 0.15) is 171 Å². The van der Waals surface area contributed by atoms with E-state index in [9.17, 15) is 24.6 Å². The number of methoxy groups -OCH3 is 1. The zero-order valence-electron chi connectivity index (χ0n) is 41.8. The van der Waals surface area contributed by atoms with Gasteiger partial charge in [-0.2, -0.15) is 0 Å². The Balaban J connectivity index is 1.22. The number of hydrogen-bond donors (Lipinski definition) is 6. The highest BCUT2D eigenvalue weighted by molar-refractivity contribution is 6.00. The number of carbonyl (C=O) groups is 3. The van der Waals surface area contributed by atoms with Gasteiger partial charge < -0.3 is 40.3 Å². The predicted octanol–water partition coefficient (Wildman–Crippen LogP) is 9.69. The monoisotopic (exact) mass is 909 g/mol. The van der Waals surface area contributed by atoms with Crippen molar-refractivity contribution < 1.29 is 34.1 Å². The van der Waals surface area contributed by atoms with Crippen LogP contribution < -0.4 is 21.2 Å². The van der Waals surface area contributed by atoms with Crippen molar-refractivity contribution in [3.05, 3.63) is 73.1 Å². The lowest BCUT2D eigenvalue weighted by molar-refractivity contribution is -0.143. The van der Waals surface area contributed by atoms with Crippen LogP contribution in [0.4, 0.5) is 0 Å². The van der Waals surface area contributed by atoms with Crippen LogP contribution >= 0.6 is 0 Å². The van der Waals surface area contributed by atoms with Crippen LogP contribution in [0.5, 0.6) is 0 Å². The summed E-state index contributed by atoms with van der Waals surface area (Å²) in [6, 6.07) is -0.471. The van der Waals surface area contributed by atoms with E-state index >= 15 is 0 Å². The molecule has 6 N–H and O–H groups in total. The first-order valence-electron chi connectivity index (χ1n) is 25.1. The van der Waals surface area contributed by atoms with Gasteiger partial charge in [-0.1, -0.05) is 93.4 Å². The zero-order valence-corrected chi connectivity index (χ0v) is 41.8. The summed E-state index contributed by atoms with van der Waals surface area (Å²) >= 11 is 0. The second-order valence-electron chi connectivity index (χ2n) is 20.6. The van der Waals surface area contributed by atoms with Crippen LogP contribution in [0, 0.1) is 61.2 Å². The number of aliphatic hydroxyl groups is 2. The van der Waals surface area contributed by atoms with E-state index in [1.165, 1.54) is 45.6 Å². The van der Waals surface area contributed by atoms with Crippen LogP contribution in [0.2, 0.25) is 0 Å². The van der Waals surface area contributed by atoms with Crippen LogP contribution in [-0.2, 0) is 19.1 Å². The number of esters is 2. The van der Waals surface area contributed by atoms with Crippen molar-refractivity contribution in [1.82, 2.24) is 20.6 Å². The average molecular weight is 909 g/mol. The summed E-state index contributed by atoms with van der Waals surface area (Å²) in [6.45, 7) is 21.3. The predicted molar refractivity (Wildman–Crippen MR) is 265 cm³/mol. The number of Topliss-reactive ketones (excluding diaryl/α,β-unsaturated/α-hetero) is 1. The highest BCUT2D eigenvalue weighted by atomic mass is 16.5. The number of allylic oxidation sites excluding steroid dienone is 3. The van der Waals surface area contributed by atoms with Gasteiger partial charge in [-0.25, -0.2) is 0 Å². The van der Waals surface area contributed by atoms with Crippen molar-refractivity contribution >= 4 is 47.3 Å². The molecule has 0 aromatic carbocycles. The van der Waals surface area contributed by atoms with E-state index in [1.54, 1.807) is 6.92 Å². The molecule has 0 spiro atoms. The molecular weight excluding hydrogens is 829 g/mol. The van der Waals surface area contributed by atoms with Gasteiger partial charge in [0.25, 0.3) is 0 Å². The molecule has 0 radical (unpaired) electrons. The summed E-state index contributed by atoms with van der Waals surface area (Å²) in [4.78, 5) is 47.6. The molecule has 2 fully saturated rings. The molecule has 362 valence electrons. The molecule has 2 aromatic heterocycles. The van der Waals surface area contributed by atoms with Gasteiger partial charge in [-0.05, 0) is 117 Å². The van der Waals surface area contributed by atoms with Gasteiger partial charge >= 0.3 is 11.9 Å². The number of carbonyl (C=O) groups excluding carboxylic acids is 3. The van der Waals surface area contributed by atoms with Crippen molar-refractivity contribution in [1.29, 1.82) is 0 Å². The minimum Gasteiger partial charge on any atom is -0.510 e. The van der Waals surface area contributed by atoms with Gasteiger partial charge in [0.05, 0.1) is 30.8 Å². The lowest BCUT2D eigenvalue weighted by atomic mass is 9.80. The molecule has 2 saturated heterocycles. The van der Waals surface area contributed by atoms with E-state index in [2.05, 4.69) is 81.2 Å². The van der Waals surface area contributed by atoms with Crippen LogP contribution in [0.3, 0.4) is 0 Å². The van der Waals surface area contributed by atoms with Crippen molar-refractivity contribution in [3.63, 3.8) is 0 Å². The number of ether oxygens (including phenoxy) is 2. The molecule has 1 aliphatic carbocycles. The summed E-state index contributed by atoms with van der Waals surface area (Å²) in [6.07, 6.45) is 20.1. The fourth-order valence-corrected chi connectivity index (χ4v) is 11.3. The van der Waals surface area contributed by atoms with Crippen molar-refractivity contribution in [2.45, 2.75) is 152 Å². The van der Waals surface area contributed by atoms with Gasteiger partial charge in [-0.15, -0.1) is 0 Å². The third kappa shape index (κ3) is 11.1. The minimum absolute atomic E-state index is 0.0299. The molecule has 11 heteroatoms. The van der Waals surface area contributed by atoms with Gasteiger partial charge in [0.2, 0.25) is 0 Å². The molecule has 66 heavy (non-hydrogen) atoms. The maximum Gasteiger partial charge on any atom is 0.320 e. The molecule has 2 aromatic rings. The summed E-state index contributed by atoms with van der Waals surface area (Å²) in [5.74, 6) is 0.195. The third-order valence-electron chi connectivity index (χ3n) is 15.4. The van der Waals surface area contributed by atoms with E-state index in [4.69, 9.17) is 9.47 Å². The van der Waals surface area contributed by atoms with Gasteiger partial charge in [-0.3, -0.25) is 14.4 Å². The van der Waals surface area contributed by atoms with E-state index < -0.39 is 17.9 Å². The molecule has 11 nitrogen and oxygen atoms in total. The molecule has 5 heterocycles. The van der Waals surface area contributed by atoms with Crippen molar-refractivity contribution in [2.75, 3.05) is 20.3 Å². The van der Waals surface area contributed by atoms with Crippen molar-refractivity contribution in [2.24, 2.45) is 47.3 Å². The molecule has 3 aliphatic heterocycles. The van der Waals surface area contributed by atoms with Crippen LogP contribution in [-0.4, -0.2) is 64.3 Å². The minimum atomic E-state index is -1.04. The summed E-state index contributed by atoms with van der Waals surface area (Å²) < 4.78 is 11.1. The molecule has 0 amide bonds. The number of aromatic amines is 2. The van der Waals surface area contributed by atoms with Crippen LogP contribution in [0.25, 0.3) is 29.6 Å². The third-order valence-corrected chi connectivity index (χ3v) is 15.4. The number of hydrogen-bond acceptors (Lipinski definition) is 9. The topological polar surface area (TPSA) is 166 Å². The van der Waals surface area contributed by atoms with Crippen LogP contribution in [0.15, 0.2) is 28.7 Å². The normalized spacial score (nSPS) is 25.7. The first-order chi connectivity index (χ1) is 31.5. The lowest BCUT2D eigenvalue weighted by Gasteiger charge is -2.26. The fraction of sp³-hybridized carbons (Fsp3) is 0.618. The number of fused-ring (bicyclic) bond motifs is 8. The highest BCUT2D eigenvalue weighted by Crippen LogP contribution is 2.43. The Morgan fingerprint density at radius 1 is 0.818 bits per heavy atom. The Hall–Kier alpha value is -4.77. The molecule has 1 unspecified atom stereocenters. The van der Waals surface area contributed by atoms with Crippen molar-refractivity contribution in [3.8, 4) is 0 Å². The number of aliphatic hydroxyl groups excluding tert-OH is 2. The smallest absolute Gasteiger partial charge is 0.320 e. The molecular formula is C55H80N4O7. The maximum atomic E-state index is 13.7. The SMILES string of the molecule is CC[C@H]1/C2=C/c3[nH]c4c(c3C)=C(O)[C@H](C(=O)OC)C=4C3N/C(=C\c4[nH]c(c(C(C)=O)c4C)/C=C(\N2)[C@@H]1C)[C@@H](C)[C@@H]3CCC(=O)OC/C=C(\CO)CCC[C@H](C)CCC[C@H](C)CCCC(C)C. The number of rotatable bonds is 21. The Labute approximate surface area is 393 Å². The molecule has 4 aliphatic rings. The quantitative estimate of drug-likeness (QED) is 0.0406. The average Bonchev–Trinajstić information content (AvgIpc) is 4.02. The maximum absolute atomic E-state index is 13.7. The van der Waals surface area contributed by atoms with E-state index in [0.717, 1.165) is 88.4 Å². The first kappa shape index (κ1) is 50.6. The second-order valence-corrected chi connectivity index (χ2v) is 20.6. The Bertz CT molecular complexity index is 2360. The van der Waals surface area contributed by atoms with E-state index in [-0.39, 0.29) is 60.8 Å². The first-order valence-corrected chi connectivity index (χ1v) is 25.1.